The topological polar surface area (TPSA) is 74.5 Å². The van der Waals surface area contributed by atoms with E-state index in [0.29, 0.717) is 19.0 Å². The van der Waals surface area contributed by atoms with Crippen LogP contribution in [0.2, 0.25) is 0 Å². The number of aliphatic imine (C=N–C) groups is 1. The van der Waals surface area contributed by atoms with Gasteiger partial charge in [0, 0.05) is 26.8 Å². The second-order valence-electron chi connectivity index (χ2n) is 6.01. The zero-order chi connectivity index (χ0) is 18.9. The van der Waals surface area contributed by atoms with Gasteiger partial charge in [0.25, 0.3) is 0 Å². The van der Waals surface area contributed by atoms with Gasteiger partial charge in [-0.05, 0) is 24.6 Å². The molecule has 2 rings (SSSR count). The number of amides is 1. The van der Waals surface area contributed by atoms with E-state index in [1.807, 2.05) is 48.1 Å². The van der Waals surface area contributed by atoms with Crippen LogP contribution < -0.4 is 10.6 Å². The number of benzene rings is 1. The SMILES string of the molecule is C=CCNC(=NCc1ccccc1-n1ccc(C)n1)NCC(=O)N(C)C.I. The molecule has 0 aliphatic carbocycles. The van der Waals surface area contributed by atoms with E-state index in [-0.39, 0.29) is 36.4 Å². The first-order valence-corrected chi connectivity index (χ1v) is 8.45. The third-order valence-corrected chi connectivity index (χ3v) is 3.69. The lowest BCUT2D eigenvalue weighted by atomic mass is 10.2. The van der Waals surface area contributed by atoms with Crippen molar-refractivity contribution in [3.05, 3.63) is 60.4 Å². The van der Waals surface area contributed by atoms with Crippen LogP contribution in [0.4, 0.5) is 0 Å². The molecule has 0 atom stereocenters. The molecule has 2 N–H and O–H groups in total. The molecule has 0 fully saturated rings. The lowest BCUT2D eigenvalue weighted by Gasteiger charge is -2.14. The largest absolute Gasteiger partial charge is 0.353 e. The number of nitrogens with one attached hydrogen (secondary N) is 2. The number of hydrogen-bond acceptors (Lipinski definition) is 3. The molecule has 1 heterocycles. The fourth-order valence-electron chi connectivity index (χ4n) is 2.24. The van der Waals surface area contributed by atoms with Crippen molar-refractivity contribution in [2.24, 2.45) is 4.99 Å². The molecule has 0 bridgehead atoms. The molecule has 0 saturated carbocycles. The van der Waals surface area contributed by atoms with Gasteiger partial charge in [-0.15, -0.1) is 30.6 Å². The Morgan fingerprint density at radius 2 is 2.04 bits per heavy atom. The summed E-state index contributed by atoms with van der Waals surface area (Å²) >= 11 is 0. The molecule has 0 saturated heterocycles. The molecule has 1 aromatic carbocycles. The Balaban J connectivity index is 0.00000364. The molecular formula is C19H27IN6O. The Kier molecular flexibility index (Phi) is 9.55. The van der Waals surface area contributed by atoms with E-state index in [4.69, 9.17) is 0 Å². The predicted octanol–water partition coefficient (Wildman–Crippen LogP) is 2.11. The third-order valence-electron chi connectivity index (χ3n) is 3.69. The van der Waals surface area contributed by atoms with Gasteiger partial charge in [-0.25, -0.2) is 9.67 Å². The maximum Gasteiger partial charge on any atom is 0.241 e. The minimum atomic E-state index is -0.0227. The Morgan fingerprint density at radius 3 is 2.67 bits per heavy atom. The van der Waals surface area contributed by atoms with Gasteiger partial charge in [0.15, 0.2) is 5.96 Å². The monoisotopic (exact) mass is 482 g/mol. The fraction of sp³-hybridized carbons (Fsp3) is 0.316. The molecule has 1 aromatic heterocycles. The highest BCUT2D eigenvalue weighted by molar-refractivity contribution is 14.0. The Labute approximate surface area is 177 Å². The van der Waals surface area contributed by atoms with Gasteiger partial charge in [0.1, 0.15) is 0 Å². The maximum absolute atomic E-state index is 11.8. The van der Waals surface area contributed by atoms with E-state index in [1.54, 1.807) is 20.2 Å². The quantitative estimate of drug-likeness (QED) is 0.275. The summed E-state index contributed by atoms with van der Waals surface area (Å²) in [5, 5.41) is 10.6. The average Bonchev–Trinajstić information content (AvgIpc) is 3.07. The molecule has 0 aliphatic heterocycles. The minimum Gasteiger partial charge on any atom is -0.353 e. The van der Waals surface area contributed by atoms with Crippen LogP contribution in [0, 0.1) is 6.92 Å². The smallest absolute Gasteiger partial charge is 0.241 e. The number of guanidine groups is 1. The maximum atomic E-state index is 11.8. The van der Waals surface area contributed by atoms with Crippen LogP contribution in [-0.4, -0.2) is 53.7 Å². The lowest BCUT2D eigenvalue weighted by Crippen LogP contribution is -2.43. The molecule has 0 aliphatic rings. The Morgan fingerprint density at radius 1 is 1.30 bits per heavy atom. The highest BCUT2D eigenvalue weighted by atomic mass is 127. The number of rotatable bonds is 7. The van der Waals surface area contributed by atoms with Crippen molar-refractivity contribution in [1.82, 2.24) is 25.3 Å². The number of aryl methyl sites for hydroxylation is 1. The van der Waals surface area contributed by atoms with Crippen LogP contribution >= 0.6 is 24.0 Å². The van der Waals surface area contributed by atoms with Gasteiger partial charge in [-0.3, -0.25) is 4.79 Å². The van der Waals surface area contributed by atoms with E-state index >= 15 is 0 Å². The van der Waals surface area contributed by atoms with Crippen LogP contribution in [-0.2, 0) is 11.3 Å². The summed E-state index contributed by atoms with van der Waals surface area (Å²) < 4.78 is 1.85. The Bertz CT molecular complexity index is 784. The van der Waals surface area contributed by atoms with Gasteiger partial charge in [-0.1, -0.05) is 24.3 Å². The van der Waals surface area contributed by atoms with E-state index in [2.05, 4.69) is 27.3 Å². The average molecular weight is 482 g/mol. The first-order valence-electron chi connectivity index (χ1n) is 8.45. The number of likely N-dealkylation sites (N-methyl/N-ethyl adjacent to an activating group) is 1. The van der Waals surface area contributed by atoms with Crippen molar-refractivity contribution in [3.8, 4) is 5.69 Å². The normalized spacial score (nSPS) is 10.7. The molecule has 7 nitrogen and oxygen atoms in total. The molecule has 0 radical (unpaired) electrons. The summed E-state index contributed by atoms with van der Waals surface area (Å²) in [4.78, 5) is 17.9. The Hall–Kier alpha value is -2.36. The standard InChI is InChI=1S/C19H26N6O.HI/c1-5-11-20-19(22-14-18(26)24(3)4)21-13-16-8-6-7-9-17(16)25-12-10-15(2)23-25;/h5-10,12H,1,11,13-14H2,2-4H3,(H2,20,21,22);1H. The summed E-state index contributed by atoms with van der Waals surface area (Å²) in [5.74, 6) is 0.539. The molecule has 27 heavy (non-hydrogen) atoms. The third kappa shape index (κ3) is 7.05. The van der Waals surface area contributed by atoms with Gasteiger partial charge in [-0.2, -0.15) is 5.10 Å². The molecule has 8 heteroatoms. The first kappa shape index (κ1) is 22.7. The van der Waals surface area contributed by atoms with Gasteiger partial charge in [0.05, 0.1) is 24.5 Å². The number of aromatic nitrogens is 2. The van der Waals surface area contributed by atoms with Crippen molar-refractivity contribution >= 4 is 35.8 Å². The van der Waals surface area contributed by atoms with E-state index in [9.17, 15) is 4.79 Å². The lowest BCUT2D eigenvalue weighted by molar-refractivity contribution is -0.127. The number of carbonyl (C=O) groups is 1. The summed E-state index contributed by atoms with van der Waals surface area (Å²) in [7, 11) is 3.45. The minimum absolute atomic E-state index is 0. The van der Waals surface area contributed by atoms with Crippen LogP contribution in [0.25, 0.3) is 5.69 Å². The van der Waals surface area contributed by atoms with Gasteiger partial charge in [0.2, 0.25) is 5.91 Å². The second-order valence-corrected chi connectivity index (χ2v) is 6.01. The molecular weight excluding hydrogens is 455 g/mol. The van der Waals surface area contributed by atoms with Crippen molar-refractivity contribution in [3.63, 3.8) is 0 Å². The van der Waals surface area contributed by atoms with Crippen LogP contribution in [0.5, 0.6) is 0 Å². The van der Waals surface area contributed by atoms with Gasteiger partial charge < -0.3 is 15.5 Å². The number of halogens is 1. The van der Waals surface area contributed by atoms with Crippen molar-refractivity contribution in [2.75, 3.05) is 27.2 Å². The van der Waals surface area contributed by atoms with E-state index in [1.165, 1.54) is 4.90 Å². The van der Waals surface area contributed by atoms with Crippen molar-refractivity contribution in [1.29, 1.82) is 0 Å². The summed E-state index contributed by atoms with van der Waals surface area (Å²) in [6.07, 6.45) is 3.67. The van der Waals surface area contributed by atoms with Gasteiger partial charge >= 0.3 is 0 Å². The zero-order valence-electron chi connectivity index (χ0n) is 16.0. The van der Waals surface area contributed by atoms with E-state index < -0.39 is 0 Å². The summed E-state index contributed by atoms with van der Waals surface area (Å²) in [6, 6.07) is 9.95. The van der Waals surface area contributed by atoms with Crippen molar-refractivity contribution < 1.29 is 4.79 Å². The first-order chi connectivity index (χ1) is 12.5. The number of hydrogen-bond donors (Lipinski definition) is 2. The van der Waals surface area contributed by atoms with Crippen molar-refractivity contribution in [2.45, 2.75) is 13.5 Å². The number of nitrogens with zero attached hydrogens (tertiary/aromatic N) is 4. The van der Waals surface area contributed by atoms with E-state index in [0.717, 1.165) is 16.9 Å². The fourth-order valence-corrected chi connectivity index (χ4v) is 2.24. The van der Waals surface area contributed by atoms with Crippen LogP contribution in [0.15, 0.2) is 54.2 Å². The molecule has 1 amide bonds. The van der Waals surface area contributed by atoms with Crippen LogP contribution in [0.3, 0.4) is 0 Å². The molecule has 146 valence electrons. The second kappa shape index (κ2) is 11.4. The molecule has 0 unspecified atom stereocenters. The highest BCUT2D eigenvalue weighted by Crippen LogP contribution is 2.15. The predicted molar refractivity (Wildman–Crippen MR) is 120 cm³/mol. The van der Waals surface area contributed by atoms with Crippen LogP contribution in [0.1, 0.15) is 11.3 Å². The highest BCUT2D eigenvalue weighted by Gasteiger charge is 2.07. The number of carbonyl (C=O) groups excluding carboxylic acids is 1. The summed E-state index contributed by atoms with van der Waals surface area (Å²) in [6.45, 7) is 6.85. The molecule has 0 spiro atoms. The number of para-hydroxylation sites is 1. The zero-order valence-corrected chi connectivity index (χ0v) is 18.3. The molecule has 2 aromatic rings. The summed E-state index contributed by atoms with van der Waals surface area (Å²) in [5.41, 5.74) is 2.98.